The van der Waals surface area contributed by atoms with Crippen molar-refractivity contribution in [3.63, 3.8) is 0 Å². The summed E-state index contributed by atoms with van der Waals surface area (Å²) >= 11 is 0. The summed E-state index contributed by atoms with van der Waals surface area (Å²) < 4.78 is 0.572. The highest BCUT2D eigenvalue weighted by Gasteiger charge is 2.20. The second-order valence-electron chi connectivity index (χ2n) is 4.08. The zero-order valence-electron chi connectivity index (χ0n) is 9.38. The van der Waals surface area contributed by atoms with E-state index in [9.17, 15) is 9.90 Å². The summed E-state index contributed by atoms with van der Waals surface area (Å²) in [5.74, 6) is 0.0204. The smallest absolute Gasteiger partial charge is 0.194 e. The van der Waals surface area contributed by atoms with E-state index in [4.69, 9.17) is 0 Å². The highest BCUT2D eigenvalue weighted by molar-refractivity contribution is 5.79. The van der Waals surface area contributed by atoms with Gasteiger partial charge in [-0.2, -0.15) is 0 Å². The number of phenolic OH excluding ortho intramolecular Hbond substituents is 1. The van der Waals surface area contributed by atoms with Crippen molar-refractivity contribution in [1.29, 1.82) is 0 Å². The number of halogens is 1. The van der Waals surface area contributed by atoms with Crippen LogP contribution in [-0.4, -0.2) is 29.3 Å². The molecule has 0 fully saturated rings. The average molecular weight is 253 g/mol. The van der Waals surface area contributed by atoms with Crippen LogP contribution in [0.3, 0.4) is 0 Å². The Kier molecular flexibility index (Phi) is 4.04. The standard InChI is InChI=1S/C12H12N2O2.ClH/c1-14(5-4-13-9-14)7-10-2-3-12(16)11(6-10)8-15;/h2-6,8-9H,7H2,1H3;1H. The molecule has 1 aromatic rings. The molecule has 1 unspecified atom stereocenters. The van der Waals surface area contributed by atoms with Crippen molar-refractivity contribution in [2.24, 2.45) is 4.99 Å². The lowest BCUT2D eigenvalue weighted by Crippen LogP contribution is -3.00. The van der Waals surface area contributed by atoms with Crippen LogP contribution in [0.2, 0.25) is 0 Å². The number of nitrogens with zero attached hydrogens (tertiary/aromatic N) is 2. The van der Waals surface area contributed by atoms with Crippen molar-refractivity contribution in [3.05, 3.63) is 41.7 Å². The Hall–Kier alpha value is -1.65. The molecule has 0 aromatic heterocycles. The van der Waals surface area contributed by atoms with Crippen LogP contribution in [0, 0.1) is 0 Å². The minimum Gasteiger partial charge on any atom is -1.00 e. The summed E-state index contributed by atoms with van der Waals surface area (Å²) in [6.07, 6.45) is 6.20. The Morgan fingerprint density at radius 2 is 2.24 bits per heavy atom. The van der Waals surface area contributed by atoms with Crippen LogP contribution < -0.4 is 12.4 Å². The zero-order valence-corrected chi connectivity index (χ0v) is 10.1. The molecule has 0 spiro atoms. The van der Waals surface area contributed by atoms with E-state index in [0.717, 1.165) is 5.56 Å². The minimum absolute atomic E-state index is 0. The predicted octanol–water partition coefficient (Wildman–Crippen LogP) is -1.33. The first-order valence-corrected chi connectivity index (χ1v) is 4.97. The molecule has 17 heavy (non-hydrogen) atoms. The van der Waals surface area contributed by atoms with Gasteiger partial charge in [-0.15, -0.1) is 0 Å². The molecule has 0 radical (unpaired) electrons. The molecule has 90 valence electrons. The highest BCUT2D eigenvalue weighted by atomic mass is 35.5. The van der Waals surface area contributed by atoms with Gasteiger partial charge in [-0.1, -0.05) is 0 Å². The quantitative estimate of drug-likeness (QED) is 0.535. The third-order valence-corrected chi connectivity index (χ3v) is 2.57. The summed E-state index contributed by atoms with van der Waals surface area (Å²) in [6.45, 7) is 0.709. The maximum absolute atomic E-state index is 10.7. The van der Waals surface area contributed by atoms with Crippen LogP contribution in [0.1, 0.15) is 15.9 Å². The third-order valence-electron chi connectivity index (χ3n) is 2.57. The maximum atomic E-state index is 10.7. The molecule has 0 saturated carbocycles. The molecule has 1 aliphatic heterocycles. The van der Waals surface area contributed by atoms with E-state index < -0.39 is 0 Å². The van der Waals surface area contributed by atoms with Gasteiger partial charge >= 0.3 is 0 Å². The number of aliphatic imine (C=N–C) groups is 1. The van der Waals surface area contributed by atoms with E-state index in [1.807, 2.05) is 25.7 Å². The SMILES string of the molecule is C[N+]1(Cc2ccc(O)c(C=O)c2)C=CN=C1.[Cl-]. The van der Waals surface area contributed by atoms with E-state index in [-0.39, 0.29) is 18.2 Å². The van der Waals surface area contributed by atoms with Gasteiger partial charge < -0.3 is 17.5 Å². The highest BCUT2D eigenvalue weighted by Crippen LogP contribution is 2.20. The fourth-order valence-corrected chi connectivity index (χ4v) is 1.70. The monoisotopic (exact) mass is 252 g/mol. The summed E-state index contributed by atoms with van der Waals surface area (Å²) in [7, 11) is 2.01. The number of rotatable bonds is 3. The molecular weight excluding hydrogens is 240 g/mol. The fraction of sp³-hybridized carbons (Fsp3) is 0.167. The number of carbonyl (C=O) groups excluding carboxylic acids is 1. The van der Waals surface area contributed by atoms with Crippen LogP contribution in [0.15, 0.2) is 35.6 Å². The largest absolute Gasteiger partial charge is 1.00 e. The van der Waals surface area contributed by atoms with Gasteiger partial charge in [0.25, 0.3) is 0 Å². The van der Waals surface area contributed by atoms with Crippen molar-refractivity contribution in [3.8, 4) is 5.75 Å². The van der Waals surface area contributed by atoms with Gasteiger partial charge in [-0.3, -0.25) is 9.28 Å². The first-order chi connectivity index (χ1) is 7.63. The van der Waals surface area contributed by atoms with Crippen molar-refractivity contribution in [2.75, 3.05) is 7.05 Å². The lowest BCUT2D eigenvalue weighted by molar-refractivity contribution is -0.771. The first kappa shape index (κ1) is 13.4. The van der Waals surface area contributed by atoms with Crippen LogP contribution in [0.25, 0.3) is 0 Å². The van der Waals surface area contributed by atoms with Crippen LogP contribution in [0.4, 0.5) is 0 Å². The Balaban J connectivity index is 0.00000144. The topological polar surface area (TPSA) is 49.7 Å². The minimum atomic E-state index is 0. The molecule has 4 nitrogen and oxygen atoms in total. The van der Waals surface area contributed by atoms with E-state index in [1.54, 1.807) is 18.3 Å². The Morgan fingerprint density at radius 3 is 2.82 bits per heavy atom. The van der Waals surface area contributed by atoms with E-state index >= 15 is 0 Å². The number of aromatic hydroxyl groups is 1. The molecule has 0 bridgehead atoms. The fourth-order valence-electron chi connectivity index (χ4n) is 1.70. The molecule has 0 amide bonds. The number of phenols is 1. The van der Waals surface area contributed by atoms with Gasteiger partial charge in [0, 0.05) is 5.56 Å². The number of benzene rings is 1. The lowest BCUT2D eigenvalue weighted by Gasteiger charge is -2.21. The normalized spacial score (nSPS) is 21.2. The molecule has 1 aromatic carbocycles. The van der Waals surface area contributed by atoms with Gasteiger partial charge in [0.2, 0.25) is 0 Å². The molecule has 1 aliphatic rings. The molecule has 1 N–H and O–H groups in total. The molecule has 0 saturated heterocycles. The van der Waals surface area contributed by atoms with Crippen molar-refractivity contribution < 1.29 is 26.8 Å². The van der Waals surface area contributed by atoms with Gasteiger partial charge in [0.1, 0.15) is 18.5 Å². The number of aldehydes is 1. The third kappa shape index (κ3) is 2.93. The summed E-state index contributed by atoms with van der Waals surface area (Å²) in [4.78, 5) is 14.7. The Bertz CT molecular complexity index is 471. The average Bonchev–Trinajstić information content (AvgIpc) is 2.68. The Labute approximate surface area is 106 Å². The van der Waals surface area contributed by atoms with E-state index in [2.05, 4.69) is 4.99 Å². The van der Waals surface area contributed by atoms with Gasteiger partial charge in [-0.05, 0) is 18.2 Å². The second kappa shape index (κ2) is 5.12. The van der Waals surface area contributed by atoms with Gasteiger partial charge in [0.05, 0.1) is 18.8 Å². The molecular formula is C12H13ClN2O2. The van der Waals surface area contributed by atoms with Gasteiger partial charge in [0.15, 0.2) is 12.6 Å². The number of hydrogen-bond acceptors (Lipinski definition) is 3. The van der Waals surface area contributed by atoms with Crippen LogP contribution >= 0.6 is 0 Å². The van der Waals surface area contributed by atoms with E-state index in [0.29, 0.717) is 22.9 Å². The first-order valence-electron chi connectivity index (χ1n) is 4.97. The second-order valence-corrected chi connectivity index (χ2v) is 4.08. The van der Waals surface area contributed by atoms with Crippen molar-refractivity contribution in [1.82, 2.24) is 0 Å². The molecule has 2 rings (SSSR count). The van der Waals surface area contributed by atoms with Crippen LogP contribution in [0.5, 0.6) is 5.75 Å². The maximum Gasteiger partial charge on any atom is 0.194 e. The zero-order chi connectivity index (χ0) is 11.6. The summed E-state index contributed by atoms with van der Waals surface area (Å²) in [6, 6.07) is 5.06. The number of carbonyl (C=O) groups is 1. The number of quaternary nitrogens is 1. The molecule has 0 aliphatic carbocycles. The van der Waals surface area contributed by atoms with Gasteiger partial charge in [-0.25, -0.2) is 4.99 Å². The summed E-state index contributed by atoms with van der Waals surface area (Å²) in [5.41, 5.74) is 1.31. The summed E-state index contributed by atoms with van der Waals surface area (Å²) in [5, 5.41) is 9.38. The van der Waals surface area contributed by atoms with Crippen LogP contribution in [-0.2, 0) is 6.54 Å². The molecule has 5 heteroatoms. The lowest BCUT2D eigenvalue weighted by atomic mass is 10.1. The van der Waals surface area contributed by atoms with E-state index in [1.165, 1.54) is 0 Å². The molecule has 1 atom stereocenters. The van der Waals surface area contributed by atoms with Crippen molar-refractivity contribution in [2.45, 2.75) is 6.54 Å². The van der Waals surface area contributed by atoms with Crippen molar-refractivity contribution >= 4 is 12.6 Å². The predicted molar refractivity (Wildman–Crippen MR) is 61.0 cm³/mol. The molecule has 1 heterocycles. The Morgan fingerprint density at radius 1 is 1.47 bits per heavy atom. The number of hydrogen-bond donors (Lipinski definition) is 1.